The molecule has 32 heavy (non-hydrogen) atoms. The summed E-state index contributed by atoms with van der Waals surface area (Å²) < 4.78 is 44.8. The van der Waals surface area contributed by atoms with Crippen LogP contribution >= 0.6 is 0 Å². The molecule has 0 saturated heterocycles. The molecule has 1 atom stereocenters. The van der Waals surface area contributed by atoms with Crippen LogP contribution in [0.3, 0.4) is 0 Å². The normalized spacial score (nSPS) is 12.8. The van der Waals surface area contributed by atoms with Crippen LogP contribution in [-0.4, -0.2) is 38.7 Å². The Morgan fingerprint density at radius 2 is 1.81 bits per heavy atom. The third kappa shape index (κ3) is 5.38. The SMILES string of the molecule is COc1ccc(S(=O)(=O)N[C@H](C(=O)OCCCn2c(=O)oc3ccccc32)C(C)C)cc1. The van der Waals surface area contributed by atoms with Crippen molar-refractivity contribution in [2.75, 3.05) is 13.7 Å². The van der Waals surface area contributed by atoms with E-state index in [1.54, 1.807) is 38.1 Å². The summed E-state index contributed by atoms with van der Waals surface area (Å²) in [5.74, 6) is -0.976. The molecule has 0 aliphatic carbocycles. The number of carbonyl (C=O) groups is 1. The van der Waals surface area contributed by atoms with Crippen molar-refractivity contribution in [1.29, 1.82) is 0 Å². The summed E-state index contributed by atoms with van der Waals surface area (Å²) in [7, 11) is -2.45. The number of fused-ring (bicyclic) bond motifs is 1. The zero-order valence-corrected chi connectivity index (χ0v) is 18.9. The minimum Gasteiger partial charge on any atom is -0.497 e. The van der Waals surface area contributed by atoms with Crippen LogP contribution in [0.2, 0.25) is 0 Å². The lowest BCUT2D eigenvalue weighted by Crippen LogP contribution is -2.45. The van der Waals surface area contributed by atoms with E-state index in [1.165, 1.54) is 35.9 Å². The average Bonchev–Trinajstić information content (AvgIpc) is 3.09. The van der Waals surface area contributed by atoms with E-state index in [2.05, 4.69) is 4.72 Å². The van der Waals surface area contributed by atoms with Crippen LogP contribution < -0.4 is 15.2 Å². The number of para-hydroxylation sites is 2. The van der Waals surface area contributed by atoms with E-state index < -0.39 is 27.8 Å². The zero-order valence-electron chi connectivity index (χ0n) is 18.1. The largest absolute Gasteiger partial charge is 0.497 e. The predicted octanol–water partition coefficient (Wildman–Crippen LogP) is 2.54. The Labute approximate surface area is 186 Å². The number of nitrogens with zero attached hydrogens (tertiary/aromatic N) is 1. The highest BCUT2D eigenvalue weighted by Crippen LogP contribution is 2.17. The molecular weight excluding hydrogens is 436 g/mol. The highest BCUT2D eigenvalue weighted by molar-refractivity contribution is 7.89. The summed E-state index contributed by atoms with van der Waals surface area (Å²) in [6.07, 6.45) is 0.366. The maximum atomic E-state index is 12.7. The fourth-order valence-corrected chi connectivity index (χ4v) is 4.49. The van der Waals surface area contributed by atoms with Gasteiger partial charge in [-0.05, 0) is 48.7 Å². The Bertz CT molecular complexity index is 1230. The number of sulfonamides is 1. The van der Waals surface area contributed by atoms with Gasteiger partial charge in [-0.25, -0.2) is 13.2 Å². The molecule has 0 amide bonds. The molecule has 0 aliphatic heterocycles. The predicted molar refractivity (Wildman–Crippen MR) is 118 cm³/mol. The number of benzene rings is 2. The molecule has 0 radical (unpaired) electrons. The van der Waals surface area contributed by atoms with Gasteiger partial charge in [0, 0.05) is 6.54 Å². The maximum absolute atomic E-state index is 12.7. The number of oxazole rings is 1. The first-order chi connectivity index (χ1) is 15.2. The number of esters is 1. The Morgan fingerprint density at radius 1 is 1.12 bits per heavy atom. The number of aromatic nitrogens is 1. The van der Waals surface area contributed by atoms with Crippen LogP contribution in [-0.2, 0) is 26.1 Å². The smallest absolute Gasteiger partial charge is 0.419 e. The molecule has 9 nitrogen and oxygen atoms in total. The third-order valence-corrected chi connectivity index (χ3v) is 6.37. The number of rotatable bonds is 10. The Hall–Kier alpha value is -3.11. The summed E-state index contributed by atoms with van der Waals surface area (Å²) >= 11 is 0. The monoisotopic (exact) mass is 462 g/mol. The van der Waals surface area contributed by atoms with Gasteiger partial charge in [0.1, 0.15) is 11.8 Å². The van der Waals surface area contributed by atoms with Gasteiger partial charge in [0.15, 0.2) is 5.58 Å². The van der Waals surface area contributed by atoms with Gasteiger partial charge in [0.2, 0.25) is 10.0 Å². The molecule has 3 rings (SSSR count). The quantitative estimate of drug-likeness (QED) is 0.363. The first-order valence-corrected chi connectivity index (χ1v) is 11.6. The number of methoxy groups -OCH3 is 1. The van der Waals surface area contributed by atoms with Crippen molar-refractivity contribution in [3.8, 4) is 5.75 Å². The molecule has 0 fully saturated rings. The lowest BCUT2D eigenvalue weighted by Gasteiger charge is -2.21. The molecule has 0 aliphatic rings. The summed E-state index contributed by atoms with van der Waals surface area (Å²) in [5.41, 5.74) is 1.15. The molecule has 10 heteroatoms. The van der Waals surface area contributed by atoms with E-state index in [1.807, 2.05) is 0 Å². The first kappa shape index (κ1) is 23.6. The van der Waals surface area contributed by atoms with Crippen molar-refractivity contribution in [2.45, 2.75) is 37.8 Å². The van der Waals surface area contributed by atoms with Crippen molar-refractivity contribution >= 4 is 27.1 Å². The van der Waals surface area contributed by atoms with Crippen LogP contribution in [0.5, 0.6) is 5.75 Å². The number of hydrogen-bond donors (Lipinski definition) is 1. The van der Waals surface area contributed by atoms with Crippen LogP contribution in [0.1, 0.15) is 20.3 Å². The lowest BCUT2D eigenvalue weighted by atomic mass is 10.1. The minimum atomic E-state index is -3.93. The summed E-state index contributed by atoms with van der Waals surface area (Å²) in [5, 5.41) is 0. The van der Waals surface area contributed by atoms with Crippen molar-refractivity contribution < 1.29 is 27.1 Å². The maximum Gasteiger partial charge on any atom is 0.419 e. The van der Waals surface area contributed by atoms with Crippen molar-refractivity contribution in [1.82, 2.24) is 9.29 Å². The van der Waals surface area contributed by atoms with Crippen molar-refractivity contribution in [2.24, 2.45) is 5.92 Å². The Morgan fingerprint density at radius 3 is 2.47 bits per heavy atom. The second kappa shape index (κ2) is 10.0. The van der Waals surface area contributed by atoms with E-state index >= 15 is 0 Å². The topological polar surface area (TPSA) is 117 Å². The van der Waals surface area contributed by atoms with Gasteiger partial charge in [-0.1, -0.05) is 26.0 Å². The molecule has 3 aromatic rings. The van der Waals surface area contributed by atoms with Gasteiger partial charge in [-0.3, -0.25) is 9.36 Å². The van der Waals surface area contributed by atoms with Crippen molar-refractivity contribution in [3.05, 3.63) is 59.1 Å². The lowest BCUT2D eigenvalue weighted by molar-refractivity contribution is -0.147. The van der Waals surface area contributed by atoms with Gasteiger partial charge in [0.05, 0.1) is 24.1 Å². The molecule has 0 spiro atoms. The standard InChI is InChI=1S/C22H26N2O7S/c1-15(2)20(23-32(27,28)17-11-9-16(29-3)10-12-17)21(25)30-14-6-13-24-18-7-4-5-8-19(18)31-22(24)26/h4-5,7-12,15,20,23H,6,13-14H2,1-3H3/t20-/m0/s1. The van der Waals surface area contributed by atoms with Crippen LogP contribution in [0, 0.1) is 5.92 Å². The number of aryl methyl sites for hydroxylation is 1. The molecule has 0 saturated carbocycles. The van der Waals surface area contributed by atoms with Gasteiger partial charge in [-0.15, -0.1) is 0 Å². The Kier molecular flexibility index (Phi) is 7.37. The second-order valence-electron chi connectivity index (χ2n) is 7.53. The second-order valence-corrected chi connectivity index (χ2v) is 9.24. The van der Waals surface area contributed by atoms with Crippen LogP contribution in [0.4, 0.5) is 0 Å². The highest BCUT2D eigenvalue weighted by atomic mass is 32.2. The molecular formula is C22H26N2O7S. The molecule has 1 aromatic heterocycles. The first-order valence-electron chi connectivity index (χ1n) is 10.1. The fourth-order valence-electron chi connectivity index (χ4n) is 3.16. The average molecular weight is 463 g/mol. The van der Waals surface area contributed by atoms with E-state index in [0.717, 1.165) is 0 Å². The van der Waals surface area contributed by atoms with E-state index in [0.29, 0.717) is 29.8 Å². The summed E-state index contributed by atoms with van der Waals surface area (Å²) in [6.45, 7) is 3.77. The Balaban J connectivity index is 1.60. The molecule has 0 unspecified atom stereocenters. The molecule has 172 valence electrons. The van der Waals surface area contributed by atoms with Gasteiger partial charge in [0.25, 0.3) is 0 Å². The van der Waals surface area contributed by atoms with E-state index in [-0.39, 0.29) is 17.4 Å². The van der Waals surface area contributed by atoms with E-state index in [9.17, 15) is 18.0 Å². The van der Waals surface area contributed by atoms with Crippen LogP contribution in [0.15, 0.2) is 62.6 Å². The van der Waals surface area contributed by atoms with Crippen molar-refractivity contribution in [3.63, 3.8) is 0 Å². The van der Waals surface area contributed by atoms with Gasteiger partial charge in [-0.2, -0.15) is 4.72 Å². The number of carbonyl (C=O) groups excluding carboxylic acids is 1. The molecule has 0 bridgehead atoms. The fraction of sp³-hybridized carbons (Fsp3) is 0.364. The summed E-state index contributed by atoms with van der Waals surface area (Å²) in [4.78, 5) is 24.6. The zero-order chi connectivity index (χ0) is 23.3. The summed E-state index contributed by atoms with van der Waals surface area (Å²) in [6, 6.07) is 11.8. The molecule has 1 N–H and O–H groups in total. The number of nitrogens with one attached hydrogen (secondary N) is 1. The van der Waals surface area contributed by atoms with Crippen LogP contribution in [0.25, 0.3) is 11.1 Å². The molecule has 2 aromatic carbocycles. The number of hydrogen-bond acceptors (Lipinski definition) is 7. The molecule has 1 heterocycles. The van der Waals surface area contributed by atoms with Gasteiger partial charge < -0.3 is 13.9 Å². The van der Waals surface area contributed by atoms with Gasteiger partial charge >= 0.3 is 11.7 Å². The third-order valence-electron chi connectivity index (χ3n) is 4.92. The highest BCUT2D eigenvalue weighted by Gasteiger charge is 2.29. The number of ether oxygens (including phenoxy) is 2. The minimum absolute atomic E-state index is 0.0166. The van der Waals surface area contributed by atoms with E-state index in [4.69, 9.17) is 13.9 Å².